The number of hydrogen-bond acceptors (Lipinski definition) is 5. The molecule has 0 unspecified atom stereocenters. The minimum Gasteiger partial charge on any atom is -0.349 e. The smallest absolute Gasteiger partial charge is 0.243 e. The van der Waals surface area contributed by atoms with Gasteiger partial charge in [0.2, 0.25) is 15.9 Å². The molecule has 1 aromatic carbocycles. The number of nitrogens with zero attached hydrogens (tertiary/aromatic N) is 2. The molecule has 0 radical (unpaired) electrons. The van der Waals surface area contributed by atoms with Crippen LogP contribution in [0.4, 0.5) is 0 Å². The third-order valence-corrected chi connectivity index (χ3v) is 7.07. The van der Waals surface area contributed by atoms with Crippen LogP contribution in [0.5, 0.6) is 0 Å². The molecule has 1 aliphatic rings. The predicted molar refractivity (Wildman–Crippen MR) is 89.7 cm³/mol. The van der Waals surface area contributed by atoms with Crippen LogP contribution in [0.2, 0.25) is 0 Å². The summed E-state index contributed by atoms with van der Waals surface area (Å²) in [7, 11) is -3.82. The second-order valence-corrected chi connectivity index (χ2v) is 10.1. The van der Waals surface area contributed by atoms with Crippen molar-refractivity contribution in [2.75, 3.05) is 33.4 Å². The summed E-state index contributed by atoms with van der Waals surface area (Å²) >= 11 is 0. The van der Waals surface area contributed by atoms with E-state index in [4.69, 9.17) is 0 Å². The number of benzene rings is 1. The normalized spacial score (nSPS) is 19.9. The van der Waals surface area contributed by atoms with E-state index in [1.165, 1.54) is 33.5 Å². The molecule has 1 aromatic rings. The molecular weight excluding hydrogens is 352 g/mol. The van der Waals surface area contributed by atoms with E-state index < -0.39 is 19.9 Å². The van der Waals surface area contributed by atoms with Gasteiger partial charge in [0.1, 0.15) is 0 Å². The monoisotopic (exact) mass is 374 g/mol. The van der Waals surface area contributed by atoms with Gasteiger partial charge in [0.05, 0.1) is 15.7 Å². The highest BCUT2D eigenvalue weighted by atomic mass is 32.2. The molecule has 1 atom stereocenters. The zero-order valence-corrected chi connectivity index (χ0v) is 15.6. The van der Waals surface area contributed by atoms with Crippen LogP contribution < -0.4 is 0 Å². The fourth-order valence-electron chi connectivity index (χ4n) is 2.74. The van der Waals surface area contributed by atoms with Crippen molar-refractivity contribution >= 4 is 25.8 Å². The summed E-state index contributed by atoms with van der Waals surface area (Å²) in [6.45, 7) is 0.501. The maximum Gasteiger partial charge on any atom is 0.243 e. The van der Waals surface area contributed by atoms with Crippen molar-refractivity contribution in [1.29, 1.82) is 0 Å². The van der Waals surface area contributed by atoms with Crippen molar-refractivity contribution in [2.24, 2.45) is 5.92 Å². The van der Waals surface area contributed by atoms with Gasteiger partial charge in [0.15, 0.2) is 9.84 Å². The van der Waals surface area contributed by atoms with Crippen LogP contribution in [0.25, 0.3) is 0 Å². The molecule has 1 heterocycles. The number of hydrogen-bond donors (Lipinski definition) is 0. The summed E-state index contributed by atoms with van der Waals surface area (Å²) in [5.74, 6) is -0.429. The summed E-state index contributed by atoms with van der Waals surface area (Å²) in [6.07, 6.45) is 2.35. The van der Waals surface area contributed by atoms with Crippen molar-refractivity contribution in [3.8, 4) is 0 Å². The van der Waals surface area contributed by atoms with Gasteiger partial charge in [0.25, 0.3) is 0 Å². The van der Waals surface area contributed by atoms with Crippen LogP contribution in [0.15, 0.2) is 34.1 Å². The van der Waals surface area contributed by atoms with Crippen LogP contribution in [-0.2, 0) is 24.7 Å². The zero-order chi connectivity index (χ0) is 18.1. The van der Waals surface area contributed by atoms with Crippen molar-refractivity contribution < 1.29 is 21.6 Å². The van der Waals surface area contributed by atoms with Gasteiger partial charge in [0, 0.05) is 33.4 Å². The van der Waals surface area contributed by atoms with E-state index in [1.807, 2.05) is 0 Å². The second-order valence-electron chi connectivity index (χ2n) is 6.18. The number of piperidine rings is 1. The number of carbonyl (C=O) groups is 1. The third kappa shape index (κ3) is 3.96. The molecule has 9 heteroatoms. The SMILES string of the molecule is CN(C)C(=O)[C@@H]1CCCN(S(=O)(=O)c2ccc(S(C)(=O)=O)cc2)C1. The Morgan fingerprint density at radius 3 is 2.12 bits per heavy atom. The first-order valence-corrected chi connectivity index (χ1v) is 10.9. The molecule has 1 saturated heterocycles. The Morgan fingerprint density at radius 1 is 1.08 bits per heavy atom. The Bertz CT molecular complexity index is 814. The number of sulfonamides is 1. The number of carbonyl (C=O) groups excluding carboxylic acids is 1. The fourth-order valence-corrected chi connectivity index (χ4v) is 4.89. The molecule has 0 spiro atoms. The van der Waals surface area contributed by atoms with Crippen molar-refractivity contribution in [3.05, 3.63) is 24.3 Å². The van der Waals surface area contributed by atoms with Crippen LogP contribution in [0.1, 0.15) is 12.8 Å². The molecule has 0 N–H and O–H groups in total. The van der Waals surface area contributed by atoms with Gasteiger partial charge in [-0.15, -0.1) is 0 Å². The minimum atomic E-state index is -3.75. The summed E-state index contributed by atoms with van der Waals surface area (Å²) in [4.78, 5) is 13.7. The average Bonchev–Trinajstić information content (AvgIpc) is 2.53. The first kappa shape index (κ1) is 18.9. The summed E-state index contributed by atoms with van der Waals surface area (Å²) in [5.41, 5.74) is 0. The first-order valence-electron chi connectivity index (χ1n) is 7.55. The fraction of sp³-hybridized carbons (Fsp3) is 0.533. The Morgan fingerprint density at radius 2 is 1.62 bits per heavy atom. The quantitative estimate of drug-likeness (QED) is 0.769. The van der Waals surface area contributed by atoms with Gasteiger partial charge >= 0.3 is 0 Å². The maximum absolute atomic E-state index is 12.7. The van der Waals surface area contributed by atoms with E-state index in [9.17, 15) is 21.6 Å². The van der Waals surface area contributed by atoms with Gasteiger partial charge in [-0.05, 0) is 37.1 Å². The van der Waals surface area contributed by atoms with E-state index in [-0.39, 0.29) is 28.2 Å². The second kappa shape index (κ2) is 6.81. The van der Waals surface area contributed by atoms with E-state index in [0.29, 0.717) is 19.4 Å². The Kier molecular flexibility index (Phi) is 5.36. The lowest BCUT2D eigenvalue weighted by molar-refractivity contribution is -0.134. The maximum atomic E-state index is 12.7. The van der Waals surface area contributed by atoms with Crippen LogP contribution in [0.3, 0.4) is 0 Å². The molecule has 1 amide bonds. The van der Waals surface area contributed by atoms with Crippen molar-refractivity contribution in [3.63, 3.8) is 0 Å². The summed E-state index contributed by atoms with van der Waals surface area (Å²) < 4.78 is 49.7. The molecule has 0 bridgehead atoms. The molecule has 7 nitrogen and oxygen atoms in total. The standard InChI is InChI=1S/C15H22N2O5S2/c1-16(2)15(18)12-5-4-10-17(11-12)24(21,22)14-8-6-13(7-9-14)23(3,19)20/h6-9,12H,4-5,10-11H2,1-3H3/t12-/m1/s1. The molecule has 134 valence electrons. The van der Waals surface area contributed by atoms with Gasteiger partial charge in [-0.1, -0.05) is 0 Å². The summed E-state index contributed by atoms with van der Waals surface area (Å²) in [5, 5.41) is 0. The third-order valence-electron chi connectivity index (χ3n) is 4.06. The molecule has 1 aliphatic heterocycles. The average molecular weight is 374 g/mol. The van der Waals surface area contributed by atoms with Crippen molar-refractivity contribution in [1.82, 2.24) is 9.21 Å². The van der Waals surface area contributed by atoms with Gasteiger partial charge in [-0.3, -0.25) is 4.79 Å². The van der Waals surface area contributed by atoms with Crippen LogP contribution in [-0.4, -0.2) is 65.4 Å². The van der Waals surface area contributed by atoms with E-state index in [2.05, 4.69) is 0 Å². The number of rotatable bonds is 4. The largest absolute Gasteiger partial charge is 0.349 e. The predicted octanol–water partition coefficient (Wildman–Crippen LogP) is 0.579. The van der Waals surface area contributed by atoms with E-state index in [1.54, 1.807) is 14.1 Å². The lowest BCUT2D eigenvalue weighted by Gasteiger charge is -2.32. The molecule has 0 saturated carbocycles. The van der Waals surface area contributed by atoms with Gasteiger partial charge in [-0.2, -0.15) is 4.31 Å². The number of sulfone groups is 1. The molecule has 0 aliphatic carbocycles. The highest BCUT2D eigenvalue weighted by Crippen LogP contribution is 2.25. The van der Waals surface area contributed by atoms with Crippen LogP contribution in [0, 0.1) is 5.92 Å². The Balaban J connectivity index is 2.25. The number of amides is 1. The van der Waals surface area contributed by atoms with E-state index >= 15 is 0 Å². The minimum absolute atomic E-state index is 0.0350. The Hall–Kier alpha value is -1.45. The molecular formula is C15H22N2O5S2. The van der Waals surface area contributed by atoms with Crippen molar-refractivity contribution in [2.45, 2.75) is 22.6 Å². The highest BCUT2D eigenvalue weighted by Gasteiger charge is 2.33. The lowest BCUT2D eigenvalue weighted by atomic mass is 9.98. The van der Waals surface area contributed by atoms with Gasteiger partial charge in [-0.25, -0.2) is 16.8 Å². The van der Waals surface area contributed by atoms with E-state index in [0.717, 1.165) is 6.26 Å². The van der Waals surface area contributed by atoms with Gasteiger partial charge < -0.3 is 4.90 Å². The topological polar surface area (TPSA) is 91.8 Å². The molecule has 24 heavy (non-hydrogen) atoms. The zero-order valence-electron chi connectivity index (χ0n) is 14.0. The highest BCUT2D eigenvalue weighted by molar-refractivity contribution is 7.90. The first-order chi connectivity index (χ1) is 11.0. The molecule has 1 fully saturated rings. The van der Waals surface area contributed by atoms with Crippen LogP contribution >= 0.6 is 0 Å². The Labute approximate surface area is 143 Å². The summed E-state index contributed by atoms with van der Waals surface area (Å²) in [6, 6.07) is 5.16. The molecule has 2 rings (SSSR count). The molecule has 0 aromatic heterocycles. The lowest BCUT2D eigenvalue weighted by Crippen LogP contribution is -2.45.